The van der Waals surface area contributed by atoms with Crippen LogP contribution >= 0.6 is 0 Å². The Morgan fingerprint density at radius 1 is 1.46 bits per heavy atom. The zero-order valence-electron chi connectivity index (χ0n) is 7.86. The number of aromatic nitrogens is 2. The average molecular weight is 175 g/mol. The van der Waals surface area contributed by atoms with Gasteiger partial charge in [-0.1, -0.05) is 6.07 Å². The molecule has 0 fully saturated rings. The van der Waals surface area contributed by atoms with Crippen molar-refractivity contribution in [1.82, 2.24) is 9.38 Å². The van der Waals surface area contributed by atoms with E-state index in [1.54, 1.807) is 0 Å². The molecule has 0 saturated carbocycles. The molecule has 0 aromatic carbocycles. The molecule has 2 N–H and O–H groups in total. The van der Waals surface area contributed by atoms with Gasteiger partial charge in [-0.3, -0.25) is 0 Å². The van der Waals surface area contributed by atoms with Crippen LogP contribution in [-0.4, -0.2) is 9.38 Å². The van der Waals surface area contributed by atoms with Crippen LogP contribution in [0.1, 0.15) is 24.2 Å². The third-order valence-corrected chi connectivity index (χ3v) is 2.15. The molecule has 1 unspecified atom stereocenters. The van der Waals surface area contributed by atoms with Gasteiger partial charge < -0.3 is 10.1 Å². The predicted molar refractivity (Wildman–Crippen MR) is 52.5 cm³/mol. The Morgan fingerprint density at radius 2 is 2.23 bits per heavy atom. The van der Waals surface area contributed by atoms with Crippen LogP contribution in [0.2, 0.25) is 0 Å². The summed E-state index contributed by atoms with van der Waals surface area (Å²) < 4.78 is 2.04. The summed E-state index contributed by atoms with van der Waals surface area (Å²) in [6, 6.07) is 4.07. The maximum atomic E-state index is 5.81. The van der Waals surface area contributed by atoms with Gasteiger partial charge in [0.1, 0.15) is 5.65 Å². The van der Waals surface area contributed by atoms with E-state index in [4.69, 9.17) is 5.73 Å². The van der Waals surface area contributed by atoms with Gasteiger partial charge in [0.15, 0.2) is 0 Å². The maximum Gasteiger partial charge on any atom is 0.136 e. The summed E-state index contributed by atoms with van der Waals surface area (Å²) in [5.74, 6) is 0. The van der Waals surface area contributed by atoms with Gasteiger partial charge in [-0.2, -0.15) is 0 Å². The first-order chi connectivity index (χ1) is 6.18. The highest BCUT2D eigenvalue weighted by Gasteiger charge is 2.06. The molecule has 2 rings (SSSR count). The third kappa shape index (κ3) is 1.31. The standard InChI is InChI=1S/C10H13N3/c1-7-3-4-10-12-5-9(8(2)11)13(10)6-7/h3-6,8H,11H2,1-2H3. The number of hydrogen-bond donors (Lipinski definition) is 1. The van der Waals surface area contributed by atoms with Crippen LogP contribution in [0.25, 0.3) is 5.65 Å². The second-order valence-electron chi connectivity index (χ2n) is 3.41. The fourth-order valence-corrected chi connectivity index (χ4v) is 1.44. The van der Waals surface area contributed by atoms with Crippen molar-refractivity contribution >= 4 is 5.65 Å². The zero-order valence-corrected chi connectivity index (χ0v) is 7.86. The van der Waals surface area contributed by atoms with Crippen molar-refractivity contribution < 1.29 is 0 Å². The van der Waals surface area contributed by atoms with E-state index in [1.165, 1.54) is 5.56 Å². The van der Waals surface area contributed by atoms with Crippen LogP contribution < -0.4 is 5.73 Å². The SMILES string of the molecule is Cc1ccc2ncc(C(C)N)n2c1. The Kier molecular flexibility index (Phi) is 1.81. The molecule has 0 radical (unpaired) electrons. The normalized spacial score (nSPS) is 13.5. The lowest BCUT2D eigenvalue weighted by Gasteiger charge is -2.04. The van der Waals surface area contributed by atoms with Gasteiger partial charge in [0.25, 0.3) is 0 Å². The van der Waals surface area contributed by atoms with Crippen LogP contribution in [0.15, 0.2) is 24.5 Å². The van der Waals surface area contributed by atoms with E-state index in [9.17, 15) is 0 Å². The van der Waals surface area contributed by atoms with Gasteiger partial charge in [-0.25, -0.2) is 4.98 Å². The van der Waals surface area contributed by atoms with Gasteiger partial charge in [-0.15, -0.1) is 0 Å². The Balaban J connectivity index is 2.71. The summed E-state index contributed by atoms with van der Waals surface area (Å²) in [5, 5.41) is 0. The highest BCUT2D eigenvalue weighted by molar-refractivity contribution is 5.42. The molecule has 0 aliphatic heterocycles. The maximum absolute atomic E-state index is 5.81. The van der Waals surface area contributed by atoms with E-state index in [2.05, 4.69) is 18.1 Å². The second kappa shape index (κ2) is 2.85. The van der Waals surface area contributed by atoms with Crippen molar-refractivity contribution in [1.29, 1.82) is 0 Å². The minimum atomic E-state index is 0.0248. The van der Waals surface area contributed by atoms with Gasteiger partial charge >= 0.3 is 0 Å². The number of nitrogens with zero attached hydrogens (tertiary/aromatic N) is 2. The number of rotatable bonds is 1. The third-order valence-electron chi connectivity index (χ3n) is 2.15. The molecule has 0 aliphatic carbocycles. The number of aryl methyl sites for hydroxylation is 1. The molecule has 0 spiro atoms. The highest BCUT2D eigenvalue weighted by Crippen LogP contribution is 2.13. The van der Waals surface area contributed by atoms with E-state index in [1.807, 2.05) is 29.7 Å². The molecule has 0 aliphatic rings. The topological polar surface area (TPSA) is 43.3 Å². The molecule has 2 heterocycles. The van der Waals surface area contributed by atoms with Crippen molar-refractivity contribution in [3.8, 4) is 0 Å². The molecular weight excluding hydrogens is 162 g/mol. The molecule has 2 aromatic rings. The van der Waals surface area contributed by atoms with E-state index in [0.29, 0.717) is 0 Å². The first-order valence-corrected chi connectivity index (χ1v) is 4.37. The summed E-state index contributed by atoms with van der Waals surface area (Å²) in [5.41, 5.74) is 9.04. The van der Waals surface area contributed by atoms with Crippen LogP contribution in [-0.2, 0) is 0 Å². The Hall–Kier alpha value is -1.35. The van der Waals surface area contributed by atoms with Gasteiger partial charge in [0.05, 0.1) is 11.9 Å². The van der Waals surface area contributed by atoms with E-state index < -0.39 is 0 Å². The van der Waals surface area contributed by atoms with Crippen molar-refractivity contribution in [2.75, 3.05) is 0 Å². The lowest BCUT2D eigenvalue weighted by Crippen LogP contribution is -2.07. The Labute approximate surface area is 77.2 Å². The van der Waals surface area contributed by atoms with Crippen molar-refractivity contribution in [3.05, 3.63) is 35.8 Å². The molecule has 1 atom stereocenters. The zero-order chi connectivity index (χ0) is 9.42. The Morgan fingerprint density at radius 3 is 2.92 bits per heavy atom. The van der Waals surface area contributed by atoms with Crippen molar-refractivity contribution in [2.24, 2.45) is 5.73 Å². The first-order valence-electron chi connectivity index (χ1n) is 4.37. The molecule has 0 bridgehead atoms. The van der Waals surface area contributed by atoms with E-state index in [-0.39, 0.29) is 6.04 Å². The van der Waals surface area contributed by atoms with Crippen molar-refractivity contribution in [3.63, 3.8) is 0 Å². The van der Waals surface area contributed by atoms with E-state index in [0.717, 1.165) is 11.3 Å². The van der Waals surface area contributed by atoms with Crippen LogP contribution in [0.4, 0.5) is 0 Å². The molecule has 0 amide bonds. The number of nitrogens with two attached hydrogens (primary N) is 1. The van der Waals surface area contributed by atoms with Crippen LogP contribution in [0.5, 0.6) is 0 Å². The van der Waals surface area contributed by atoms with Crippen LogP contribution in [0, 0.1) is 6.92 Å². The molecule has 3 nitrogen and oxygen atoms in total. The highest BCUT2D eigenvalue weighted by atomic mass is 15.0. The van der Waals surface area contributed by atoms with E-state index >= 15 is 0 Å². The molecular formula is C10H13N3. The lowest BCUT2D eigenvalue weighted by atomic mass is 10.2. The summed E-state index contributed by atoms with van der Waals surface area (Å²) >= 11 is 0. The predicted octanol–water partition coefficient (Wildman–Crippen LogP) is 1.66. The Bertz CT molecular complexity index is 429. The fourth-order valence-electron chi connectivity index (χ4n) is 1.44. The molecule has 2 aromatic heterocycles. The van der Waals surface area contributed by atoms with Crippen molar-refractivity contribution in [2.45, 2.75) is 19.9 Å². The first kappa shape index (κ1) is 8.26. The monoisotopic (exact) mass is 175 g/mol. The van der Waals surface area contributed by atoms with Gasteiger partial charge in [0.2, 0.25) is 0 Å². The quantitative estimate of drug-likeness (QED) is 0.716. The molecule has 13 heavy (non-hydrogen) atoms. The minimum absolute atomic E-state index is 0.0248. The van der Waals surface area contributed by atoms with Gasteiger partial charge in [-0.05, 0) is 25.5 Å². The number of pyridine rings is 1. The summed E-state index contributed by atoms with van der Waals surface area (Å²) in [7, 11) is 0. The lowest BCUT2D eigenvalue weighted by molar-refractivity contribution is 0.768. The van der Waals surface area contributed by atoms with Crippen LogP contribution in [0.3, 0.4) is 0 Å². The average Bonchev–Trinajstić information content (AvgIpc) is 2.46. The number of hydrogen-bond acceptors (Lipinski definition) is 2. The number of imidazole rings is 1. The van der Waals surface area contributed by atoms with Gasteiger partial charge in [0, 0.05) is 12.2 Å². The summed E-state index contributed by atoms with van der Waals surface area (Å²) in [6.45, 7) is 4.02. The second-order valence-corrected chi connectivity index (χ2v) is 3.41. The summed E-state index contributed by atoms with van der Waals surface area (Å²) in [4.78, 5) is 4.26. The number of fused-ring (bicyclic) bond motifs is 1. The molecule has 68 valence electrons. The molecule has 3 heteroatoms. The largest absolute Gasteiger partial charge is 0.323 e. The fraction of sp³-hybridized carbons (Fsp3) is 0.300. The smallest absolute Gasteiger partial charge is 0.136 e. The minimum Gasteiger partial charge on any atom is -0.323 e. The molecule has 0 saturated heterocycles. The summed E-state index contributed by atoms with van der Waals surface area (Å²) in [6.07, 6.45) is 3.89.